The highest BCUT2D eigenvalue weighted by Gasteiger charge is 2.46. The first kappa shape index (κ1) is 27.3. The molecular weight excluding hydrogens is 492 g/mol. The molecule has 5 aromatic carbocycles. The van der Waals surface area contributed by atoms with E-state index in [2.05, 4.69) is 111 Å². The summed E-state index contributed by atoms with van der Waals surface area (Å²) in [5, 5.41) is 5.03. The van der Waals surface area contributed by atoms with Crippen LogP contribution in [0.3, 0.4) is 0 Å². The van der Waals surface area contributed by atoms with Crippen LogP contribution >= 0.6 is 0 Å². The van der Waals surface area contributed by atoms with Gasteiger partial charge in [-0.3, -0.25) is 0 Å². The van der Waals surface area contributed by atoms with Crippen molar-refractivity contribution in [3.63, 3.8) is 0 Å². The van der Waals surface area contributed by atoms with Gasteiger partial charge < -0.3 is 0 Å². The highest BCUT2D eigenvalue weighted by molar-refractivity contribution is 6.14. The van der Waals surface area contributed by atoms with Crippen LogP contribution in [0.15, 0.2) is 104 Å². The third kappa shape index (κ3) is 4.55. The van der Waals surface area contributed by atoms with Gasteiger partial charge in [-0.25, -0.2) is 0 Å². The molecule has 1 unspecified atom stereocenters. The number of fused-ring (bicyclic) bond motifs is 4. The minimum Gasteiger partial charge on any atom is -0.0984 e. The van der Waals surface area contributed by atoms with Crippen molar-refractivity contribution in [3.05, 3.63) is 121 Å². The van der Waals surface area contributed by atoms with Crippen molar-refractivity contribution in [2.75, 3.05) is 0 Å². The quantitative estimate of drug-likeness (QED) is 0.210. The zero-order valence-electron chi connectivity index (χ0n) is 24.9. The van der Waals surface area contributed by atoms with Crippen LogP contribution in [0, 0.1) is 11.3 Å². The van der Waals surface area contributed by atoms with E-state index in [4.69, 9.17) is 0 Å². The Morgan fingerprint density at radius 3 is 2.00 bits per heavy atom. The fourth-order valence-electron chi connectivity index (χ4n) is 8.16. The normalized spacial score (nSPS) is 21.3. The predicted molar refractivity (Wildman–Crippen MR) is 181 cm³/mol. The average molecular weight is 535 g/mol. The SMILES string of the molecule is C=Cc1c(C=C)c(-c2cccc3ccccc23)c2ccccc2c1-c1ccc(C2C[C@@H]3CCC[C@@]2(C)C3)cc1.CC. The molecule has 0 saturated heterocycles. The fourth-order valence-corrected chi connectivity index (χ4v) is 8.16. The molecule has 7 rings (SSSR count). The van der Waals surface area contributed by atoms with E-state index < -0.39 is 0 Å². The summed E-state index contributed by atoms with van der Waals surface area (Å²) in [5.74, 6) is 1.61. The van der Waals surface area contributed by atoms with Crippen LogP contribution in [-0.2, 0) is 0 Å². The van der Waals surface area contributed by atoms with Crippen molar-refractivity contribution < 1.29 is 0 Å². The summed E-state index contributed by atoms with van der Waals surface area (Å²) in [7, 11) is 0. The highest BCUT2D eigenvalue weighted by Crippen LogP contribution is 2.59. The summed E-state index contributed by atoms with van der Waals surface area (Å²) >= 11 is 0. The van der Waals surface area contributed by atoms with Crippen LogP contribution in [-0.4, -0.2) is 0 Å². The lowest BCUT2D eigenvalue weighted by atomic mass is 9.71. The molecule has 2 bridgehead atoms. The third-order valence-electron chi connectivity index (χ3n) is 9.89. The summed E-state index contributed by atoms with van der Waals surface area (Å²) in [5.41, 5.74) is 9.28. The molecule has 5 aromatic rings. The van der Waals surface area contributed by atoms with Gasteiger partial charge in [-0.1, -0.05) is 150 Å². The van der Waals surface area contributed by atoms with Crippen LogP contribution in [0.25, 0.3) is 56.0 Å². The second kappa shape index (κ2) is 11.2. The zero-order valence-corrected chi connectivity index (χ0v) is 24.9. The summed E-state index contributed by atoms with van der Waals surface area (Å²) in [6.45, 7) is 15.2. The Kier molecular flexibility index (Phi) is 7.43. The molecule has 206 valence electrons. The smallest absolute Gasteiger partial charge is 0.00204 e. The predicted octanol–water partition coefficient (Wildman–Crippen LogP) is 12.3. The van der Waals surface area contributed by atoms with Gasteiger partial charge in [0.1, 0.15) is 0 Å². The Labute approximate surface area is 246 Å². The molecule has 0 amide bonds. The maximum Gasteiger partial charge on any atom is -0.00204 e. The lowest BCUT2D eigenvalue weighted by Gasteiger charge is -2.34. The molecule has 41 heavy (non-hydrogen) atoms. The largest absolute Gasteiger partial charge is 0.0984 e. The molecule has 0 heterocycles. The van der Waals surface area contributed by atoms with E-state index in [1.165, 1.54) is 81.5 Å². The summed E-state index contributed by atoms with van der Waals surface area (Å²) in [4.78, 5) is 0. The minimum absolute atomic E-state index is 0.472. The van der Waals surface area contributed by atoms with Crippen LogP contribution in [0.4, 0.5) is 0 Å². The highest BCUT2D eigenvalue weighted by atomic mass is 14.5. The standard InChI is InChI=1S/C39H36.C2H6/c1-4-30-31(5-2)38(33-18-10-14-27-13-6-7-15-32(27)33)35-17-9-8-16-34(35)37(30)29-21-19-28(20-22-29)36-24-26-12-11-23-39(36,3)25-26;1-2/h4-10,13-22,26,36H,1-2,11-12,23-25H2,3H3;1-2H3/t26-,36?,39-;/m0./s1. The Morgan fingerprint density at radius 1 is 0.707 bits per heavy atom. The first-order chi connectivity index (χ1) is 20.1. The second-order valence-electron chi connectivity index (χ2n) is 12.1. The molecule has 3 atom stereocenters. The molecule has 0 spiro atoms. The molecule has 0 N–H and O–H groups in total. The Hall–Kier alpha value is -3.90. The number of benzene rings is 5. The monoisotopic (exact) mass is 534 g/mol. The van der Waals surface area contributed by atoms with E-state index in [0.29, 0.717) is 11.3 Å². The van der Waals surface area contributed by atoms with Crippen molar-refractivity contribution in [1.82, 2.24) is 0 Å². The molecule has 2 aliphatic carbocycles. The first-order valence-electron chi connectivity index (χ1n) is 15.5. The Balaban J connectivity index is 0.00000148. The van der Waals surface area contributed by atoms with E-state index in [0.717, 1.165) is 17.0 Å². The van der Waals surface area contributed by atoms with E-state index in [1.54, 1.807) is 0 Å². The summed E-state index contributed by atoms with van der Waals surface area (Å²) in [6, 6.07) is 33.7. The fraction of sp³-hybridized carbons (Fsp3) is 0.268. The van der Waals surface area contributed by atoms with Gasteiger partial charge in [0.25, 0.3) is 0 Å². The molecule has 2 fully saturated rings. The molecular formula is C41H42. The van der Waals surface area contributed by atoms with Gasteiger partial charge in [0.2, 0.25) is 0 Å². The van der Waals surface area contributed by atoms with Crippen molar-refractivity contribution in [2.24, 2.45) is 11.3 Å². The molecule has 0 aliphatic heterocycles. The van der Waals surface area contributed by atoms with E-state index in [1.807, 2.05) is 26.0 Å². The van der Waals surface area contributed by atoms with Gasteiger partial charge in [0, 0.05) is 0 Å². The topological polar surface area (TPSA) is 0 Å². The zero-order chi connectivity index (χ0) is 28.6. The minimum atomic E-state index is 0.472. The van der Waals surface area contributed by atoms with Gasteiger partial charge >= 0.3 is 0 Å². The number of rotatable bonds is 5. The molecule has 2 saturated carbocycles. The Bertz CT molecular complexity index is 1730. The van der Waals surface area contributed by atoms with Gasteiger partial charge in [-0.05, 0) is 97.0 Å². The molecule has 0 nitrogen and oxygen atoms in total. The average Bonchev–Trinajstić information content (AvgIpc) is 3.27. The number of hydrogen-bond donors (Lipinski definition) is 0. The van der Waals surface area contributed by atoms with Crippen LogP contribution < -0.4 is 0 Å². The maximum absolute atomic E-state index is 4.31. The maximum atomic E-state index is 4.31. The van der Waals surface area contributed by atoms with E-state index >= 15 is 0 Å². The molecule has 0 heteroatoms. The Morgan fingerprint density at radius 2 is 1.32 bits per heavy atom. The summed E-state index contributed by atoms with van der Waals surface area (Å²) < 4.78 is 0. The molecule has 0 radical (unpaired) electrons. The van der Waals surface area contributed by atoms with Crippen LogP contribution in [0.5, 0.6) is 0 Å². The molecule has 2 aliphatic rings. The van der Waals surface area contributed by atoms with E-state index in [9.17, 15) is 0 Å². The van der Waals surface area contributed by atoms with Crippen molar-refractivity contribution in [2.45, 2.75) is 58.8 Å². The van der Waals surface area contributed by atoms with Crippen molar-refractivity contribution in [1.29, 1.82) is 0 Å². The first-order valence-corrected chi connectivity index (χ1v) is 15.5. The van der Waals surface area contributed by atoms with Crippen molar-refractivity contribution >= 4 is 33.7 Å². The third-order valence-corrected chi connectivity index (χ3v) is 9.89. The summed E-state index contributed by atoms with van der Waals surface area (Å²) in [6.07, 6.45) is 11.0. The van der Waals surface area contributed by atoms with Gasteiger partial charge in [0.15, 0.2) is 0 Å². The lowest BCUT2D eigenvalue weighted by molar-refractivity contribution is 0.218. The van der Waals surface area contributed by atoms with E-state index in [-0.39, 0.29) is 0 Å². The van der Waals surface area contributed by atoms with Gasteiger partial charge in [0.05, 0.1) is 0 Å². The number of hydrogen-bond acceptors (Lipinski definition) is 0. The van der Waals surface area contributed by atoms with Crippen LogP contribution in [0.1, 0.15) is 75.5 Å². The van der Waals surface area contributed by atoms with Gasteiger partial charge in [-0.2, -0.15) is 0 Å². The van der Waals surface area contributed by atoms with Crippen LogP contribution in [0.2, 0.25) is 0 Å². The van der Waals surface area contributed by atoms with Gasteiger partial charge in [-0.15, -0.1) is 0 Å². The molecule has 0 aromatic heterocycles. The lowest BCUT2D eigenvalue weighted by Crippen LogP contribution is -2.22. The second-order valence-corrected chi connectivity index (χ2v) is 12.1. The van der Waals surface area contributed by atoms with Crippen molar-refractivity contribution in [3.8, 4) is 22.3 Å².